The first-order chi connectivity index (χ1) is 27.7. The van der Waals surface area contributed by atoms with E-state index in [1.807, 2.05) is 47.7 Å². The van der Waals surface area contributed by atoms with Crippen molar-refractivity contribution < 1.29 is 4.42 Å². The second-order valence-electron chi connectivity index (χ2n) is 14.0. The highest BCUT2D eigenvalue weighted by atomic mass is 32.1. The summed E-state index contributed by atoms with van der Waals surface area (Å²) in [5, 5.41) is 4.73. The van der Waals surface area contributed by atoms with Gasteiger partial charge in [0.05, 0.1) is 0 Å². The number of furan rings is 1. The number of hydrogen-bond donors (Lipinski definition) is 0. The second kappa shape index (κ2) is 13.3. The highest BCUT2D eigenvalue weighted by Crippen LogP contribution is 2.44. The molecule has 56 heavy (non-hydrogen) atoms. The molecule has 0 spiro atoms. The molecule has 262 valence electrons. The van der Waals surface area contributed by atoms with Gasteiger partial charge in [-0.25, -0.2) is 15.0 Å². The molecule has 0 saturated heterocycles. The van der Waals surface area contributed by atoms with Gasteiger partial charge in [-0.2, -0.15) is 0 Å². The molecule has 4 nitrogen and oxygen atoms in total. The van der Waals surface area contributed by atoms with Crippen molar-refractivity contribution in [2.24, 2.45) is 0 Å². The van der Waals surface area contributed by atoms with Crippen molar-refractivity contribution in [3.63, 3.8) is 0 Å². The summed E-state index contributed by atoms with van der Waals surface area (Å²) in [6.07, 6.45) is 0. The van der Waals surface area contributed by atoms with E-state index in [1.165, 1.54) is 36.9 Å². The summed E-state index contributed by atoms with van der Waals surface area (Å²) < 4.78 is 9.19. The highest BCUT2D eigenvalue weighted by Gasteiger charge is 2.19. The van der Waals surface area contributed by atoms with Crippen LogP contribution < -0.4 is 0 Å². The minimum absolute atomic E-state index is 0.587. The lowest BCUT2D eigenvalue weighted by Crippen LogP contribution is -2.00. The van der Waals surface area contributed by atoms with Crippen LogP contribution in [0.4, 0.5) is 0 Å². The number of fused-ring (bicyclic) bond motifs is 6. The number of hydrogen-bond acceptors (Lipinski definition) is 5. The van der Waals surface area contributed by atoms with Crippen LogP contribution in [0.2, 0.25) is 0 Å². The second-order valence-corrected chi connectivity index (χ2v) is 15.0. The minimum atomic E-state index is 0.587. The highest BCUT2D eigenvalue weighted by molar-refractivity contribution is 7.26. The Kier molecular flexibility index (Phi) is 7.64. The summed E-state index contributed by atoms with van der Waals surface area (Å²) in [4.78, 5) is 15.2. The third-order valence-electron chi connectivity index (χ3n) is 10.6. The SMILES string of the molecule is c1ccc(-c2ccc(-c3cccc(-c4nc(-c5ccccc5)nc(-c5ccc6c(c5)oc5cccc(-c7cccc8c7sc7ccccc78)c56)n4)c3)cc2)cc1. The molecular weight excluding hydrogens is 703 g/mol. The molecule has 0 bridgehead atoms. The lowest BCUT2D eigenvalue weighted by Gasteiger charge is -2.10. The average molecular weight is 734 g/mol. The van der Waals surface area contributed by atoms with Gasteiger partial charge in [-0.3, -0.25) is 0 Å². The molecule has 0 radical (unpaired) electrons. The maximum atomic E-state index is 6.61. The Bertz CT molecular complexity index is 3240. The standard InChI is InChI=1S/C51H31N3OS/c1-3-12-32(13-4-1)33-24-26-34(27-25-33)36-16-9-17-37(30-36)50-52-49(35-14-5-2-6-15-35)53-51(54-50)38-28-29-43-45(31-38)55-44-22-11-19-40(47(43)44)42-21-10-20-41-39-18-7-8-23-46(39)56-48(41)42/h1-31H. The summed E-state index contributed by atoms with van der Waals surface area (Å²) in [7, 11) is 0. The third kappa shape index (κ3) is 5.56. The fraction of sp³-hybridized carbons (Fsp3) is 0. The number of thiophene rings is 1. The lowest BCUT2D eigenvalue weighted by molar-refractivity contribution is 0.669. The van der Waals surface area contributed by atoms with Crippen molar-refractivity contribution in [3.8, 4) is 67.5 Å². The Morgan fingerprint density at radius 2 is 0.875 bits per heavy atom. The Morgan fingerprint density at radius 3 is 1.66 bits per heavy atom. The summed E-state index contributed by atoms with van der Waals surface area (Å²) in [5.74, 6) is 1.82. The Balaban J connectivity index is 1.02. The van der Waals surface area contributed by atoms with E-state index in [-0.39, 0.29) is 0 Å². The minimum Gasteiger partial charge on any atom is -0.456 e. The van der Waals surface area contributed by atoms with Gasteiger partial charge in [0.25, 0.3) is 0 Å². The van der Waals surface area contributed by atoms with Crippen LogP contribution >= 0.6 is 11.3 Å². The van der Waals surface area contributed by atoms with E-state index in [0.717, 1.165) is 55.3 Å². The summed E-state index contributed by atoms with van der Waals surface area (Å²) in [6.45, 7) is 0. The van der Waals surface area contributed by atoms with Crippen molar-refractivity contribution in [2.75, 3.05) is 0 Å². The first-order valence-corrected chi connectivity index (χ1v) is 19.5. The molecule has 0 N–H and O–H groups in total. The summed E-state index contributed by atoms with van der Waals surface area (Å²) >= 11 is 1.84. The molecule has 0 fully saturated rings. The van der Waals surface area contributed by atoms with Crippen LogP contribution in [0.25, 0.3) is 110 Å². The first kappa shape index (κ1) is 32.2. The van der Waals surface area contributed by atoms with Crippen molar-refractivity contribution in [2.45, 2.75) is 0 Å². The largest absolute Gasteiger partial charge is 0.456 e. The number of nitrogens with zero attached hydrogens (tertiary/aromatic N) is 3. The van der Waals surface area contributed by atoms with E-state index in [9.17, 15) is 0 Å². The van der Waals surface area contributed by atoms with Gasteiger partial charge >= 0.3 is 0 Å². The fourth-order valence-electron chi connectivity index (χ4n) is 7.82. The van der Waals surface area contributed by atoms with Gasteiger partial charge in [-0.1, -0.05) is 158 Å². The third-order valence-corrected chi connectivity index (χ3v) is 11.8. The van der Waals surface area contributed by atoms with E-state index in [2.05, 4.69) is 152 Å². The van der Waals surface area contributed by atoms with E-state index in [1.54, 1.807) is 0 Å². The van der Waals surface area contributed by atoms with Crippen molar-refractivity contribution in [1.82, 2.24) is 15.0 Å². The van der Waals surface area contributed by atoms with Gasteiger partial charge in [-0.15, -0.1) is 11.3 Å². The molecule has 0 unspecified atom stereocenters. The van der Waals surface area contributed by atoms with Crippen LogP contribution in [0.1, 0.15) is 0 Å². The summed E-state index contributed by atoms with van der Waals surface area (Å²) in [6, 6.07) is 65.6. The van der Waals surface area contributed by atoms with Crippen LogP contribution in [0, 0.1) is 0 Å². The quantitative estimate of drug-likeness (QED) is 0.171. The lowest BCUT2D eigenvalue weighted by atomic mass is 9.97. The van der Waals surface area contributed by atoms with Gasteiger partial charge in [0.2, 0.25) is 0 Å². The number of rotatable bonds is 6. The fourth-order valence-corrected chi connectivity index (χ4v) is 9.05. The molecule has 0 saturated carbocycles. The maximum Gasteiger partial charge on any atom is 0.164 e. The smallest absolute Gasteiger partial charge is 0.164 e. The molecule has 5 heteroatoms. The molecular formula is C51H31N3OS. The molecule has 0 atom stereocenters. The molecule has 3 heterocycles. The molecule has 11 rings (SSSR count). The van der Waals surface area contributed by atoms with Gasteiger partial charge in [-0.05, 0) is 58.1 Å². The zero-order chi connectivity index (χ0) is 37.0. The molecule has 0 amide bonds. The van der Waals surface area contributed by atoms with E-state index in [0.29, 0.717) is 17.5 Å². The molecule has 8 aromatic carbocycles. The van der Waals surface area contributed by atoms with E-state index in [4.69, 9.17) is 19.4 Å². The van der Waals surface area contributed by atoms with Crippen LogP contribution in [-0.4, -0.2) is 15.0 Å². The first-order valence-electron chi connectivity index (χ1n) is 18.7. The number of aromatic nitrogens is 3. The monoisotopic (exact) mass is 733 g/mol. The van der Waals surface area contributed by atoms with Gasteiger partial charge < -0.3 is 4.42 Å². The molecule has 0 aliphatic heterocycles. The van der Waals surface area contributed by atoms with Gasteiger partial charge in [0, 0.05) is 53.2 Å². The Morgan fingerprint density at radius 1 is 0.339 bits per heavy atom. The predicted octanol–water partition coefficient (Wildman–Crippen LogP) is 14.1. The topological polar surface area (TPSA) is 51.8 Å². The van der Waals surface area contributed by atoms with Crippen LogP contribution in [-0.2, 0) is 0 Å². The normalized spacial score (nSPS) is 11.6. The van der Waals surface area contributed by atoms with Crippen molar-refractivity contribution in [1.29, 1.82) is 0 Å². The van der Waals surface area contributed by atoms with Crippen LogP contribution in [0.3, 0.4) is 0 Å². The molecule has 0 aliphatic carbocycles. The maximum absolute atomic E-state index is 6.61. The number of benzene rings is 8. The molecule has 0 aliphatic rings. The van der Waals surface area contributed by atoms with Gasteiger partial charge in [0.1, 0.15) is 11.2 Å². The van der Waals surface area contributed by atoms with Gasteiger partial charge in [0.15, 0.2) is 17.5 Å². The van der Waals surface area contributed by atoms with Crippen LogP contribution in [0.15, 0.2) is 192 Å². The van der Waals surface area contributed by atoms with E-state index < -0.39 is 0 Å². The Labute approximate surface area is 327 Å². The average Bonchev–Trinajstić information content (AvgIpc) is 3.85. The van der Waals surface area contributed by atoms with Crippen LogP contribution in [0.5, 0.6) is 0 Å². The molecule has 11 aromatic rings. The zero-order valence-corrected chi connectivity index (χ0v) is 30.9. The Hall–Kier alpha value is -7.21. The summed E-state index contributed by atoms with van der Waals surface area (Å²) in [5.41, 5.74) is 11.3. The van der Waals surface area contributed by atoms with Crippen molar-refractivity contribution in [3.05, 3.63) is 188 Å². The predicted molar refractivity (Wildman–Crippen MR) is 233 cm³/mol. The molecule has 3 aromatic heterocycles. The van der Waals surface area contributed by atoms with Crippen molar-refractivity contribution >= 4 is 53.4 Å². The zero-order valence-electron chi connectivity index (χ0n) is 30.1. The van der Waals surface area contributed by atoms with E-state index >= 15 is 0 Å².